The zero-order chi connectivity index (χ0) is 14.7. The average Bonchev–Trinajstić information content (AvgIpc) is 3.25. The highest BCUT2D eigenvalue weighted by atomic mass is 16.2. The Kier molecular flexibility index (Phi) is 4.39. The van der Waals surface area contributed by atoms with Crippen molar-refractivity contribution in [3.05, 3.63) is 11.4 Å². The molecule has 1 aromatic heterocycles. The summed E-state index contributed by atoms with van der Waals surface area (Å²) in [6.07, 6.45) is 2.22. The molecule has 20 heavy (non-hydrogen) atoms. The first-order valence-corrected chi connectivity index (χ1v) is 6.96. The van der Waals surface area contributed by atoms with Gasteiger partial charge in [0.15, 0.2) is 0 Å². The number of hydrogen-bond acceptors (Lipinski definition) is 6. The van der Waals surface area contributed by atoms with E-state index in [0.717, 1.165) is 24.2 Å². The number of carbonyl (C=O) groups excluding carboxylic acids is 1. The van der Waals surface area contributed by atoms with Crippen LogP contribution in [0.25, 0.3) is 0 Å². The van der Waals surface area contributed by atoms with Crippen LogP contribution in [0.5, 0.6) is 0 Å². The lowest BCUT2D eigenvalue weighted by Crippen LogP contribution is -2.37. The molecule has 1 aliphatic rings. The van der Waals surface area contributed by atoms with Gasteiger partial charge >= 0.3 is 0 Å². The van der Waals surface area contributed by atoms with Gasteiger partial charge in [-0.25, -0.2) is 15.8 Å². The Balaban J connectivity index is 2.21. The van der Waals surface area contributed by atoms with Crippen molar-refractivity contribution >= 4 is 17.5 Å². The molecule has 2 rings (SSSR count). The van der Waals surface area contributed by atoms with Crippen molar-refractivity contribution in [3.63, 3.8) is 0 Å². The number of nitrogens with two attached hydrogens (primary N) is 1. The molecule has 1 fully saturated rings. The van der Waals surface area contributed by atoms with Crippen LogP contribution in [0, 0.1) is 6.92 Å². The lowest BCUT2D eigenvalue weighted by molar-refractivity contribution is -0.121. The minimum absolute atomic E-state index is 0.0549. The van der Waals surface area contributed by atoms with Crippen molar-refractivity contribution in [2.75, 3.05) is 17.3 Å². The second kappa shape index (κ2) is 6.04. The Morgan fingerprint density at radius 1 is 1.40 bits per heavy atom. The van der Waals surface area contributed by atoms with Crippen LogP contribution in [0.4, 0.5) is 11.6 Å². The molecule has 0 aliphatic heterocycles. The summed E-state index contributed by atoms with van der Waals surface area (Å²) in [5.74, 6) is 7.92. The molecule has 0 spiro atoms. The number of nitrogen functional groups attached to an aromatic ring is 1. The van der Waals surface area contributed by atoms with E-state index in [1.54, 1.807) is 6.92 Å². The number of hydrazine groups is 1. The first kappa shape index (κ1) is 14.5. The molecule has 0 radical (unpaired) electrons. The number of nitrogens with zero attached hydrogens (tertiary/aromatic N) is 2. The van der Waals surface area contributed by atoms with Gasteiger partial charge in [-0.1, -0.05) is 0 Å². The Labute approximate surface area is 118 Å². The zero-order valence-electron chi connectivity index (χ0n) is 12.2. The smallest absolute Gasteiger partial charge is 0.242 e. The summed E-state index contributed by atoms with van der Waals surface area (Å²) >= 11 is 0. The Morgan fingerprint density at radius 2 is 2.05 bits per heavy atom. The second-order valence-electron chi connectivity index (χ2n) is 5.08. The molecule has 7 nitrogen and oxygen atoms in total. The summed E-state index contributed by atoms with van der Waals surface area (Å²) in [7, 11) is 0. The van der Waals surface area contributed by atoms with Crippen LogP contribution in [0.1, 0.15) is 44.0 Å². The molecule has 1 unspecified atom stereocenters. The Morgan fingerprint density at radius 3 is 2.60 bits per heavy atom. The van der Waals surface area contributed by atoms with Crippen molar-refractivity contribution in [1.29, 1.82) is 0 Å². The van der Waals surface area contributed by atoms with Gasteiger partial charge in [-0.15, -0.1) is 0 Å². The monoisotopic (exact) mass is 278 g/mol. The van der Waals surface area contributed by atoms with Crippen LogP contribution in [0.3, 0.4) is 0 Å². The Hall–Kier alpha value is -1.89. The van der Waals surface area contributed by atoms with Gasteiger partial charge in [0.05, 0.1) is 0 Å². The quantitative estimate of drug-likeness (QED) is 0.455. The minimum atomic E-state index is -0.360. The number of carbonyl (C=O) groups is 1. The molecular formula is C13H22N6O. The Bertz CT molecular complexity index is 500. The number of hydrogen-bond donors (Lipinski definition) is 4. The molecule has 1 amide bonds. The largest absolute Gasteiger partial charge is 0.358 e. The standard InChI is InChI=1S/C13H22N6O/c1-4-15-13(20)8(3)16-10-7(2)11(19-14)18-12(17-10)9-5-6-9/h8-9H,4-6,14H2,1-3H3,(H,15,20)(H2,16,17,18,19). The van der Waals surface area contributed by atoms with Gasteiger partial charge in [-0.3, -0.25) is 4.79 Å². The molecule has 110 valence electrons. The molecule has 1 saturated carbocycles. The van der Waals surface area contributed by atoms with Gasteiger partial charge in [0.1, 0.15) is 23.5 Å². The number of aromatic nitrogens is 2. The van der Waals surface area contributed by atoms with Gasteiger partial charge in [0.25, 0.3) is 0 Å². The van der Waals surface area contributed by atoms with Crippen LogP contribution in [0.2, 0.25) is 0 Å². The van der Waals surface area contributed by atoms with E-state index in [4.69, 9.17) is 5.84 Å². The van der Waals surface area contributed by atoms with Crippen molar-refractivity contribution in [3.8, 4) is 0 Å². The van der Waals surface area contributed by atoms with Crippen LogP contribution in [0.15, 0.2) is 0 Å². The summed E-state index contributed by atoms with van der Waals surface area (Å²) in [6, 6.07) is -0.360. The third kappa shape index (κ3) is 3.16. The van der Waals surface area contributed by atoms with Crippen molar-refractivity contribution < 1.29 is 4.79 Å². The fourth-order valence-corrected chi connectivity index (χ4v) is 1.94. The highest BCUT2D eigenvalue weighted by Crippen LogP contribution is 2.39. The van der Waals surface area contributed by atoms with E-state index >= 15 is 0 Å². The third-order valence-electron chi connectivity index (χ3n) is 3.34. The summed E-state index contributed by atoms with van der Waals surface area (Å²) in [6.45, 7) is 6.18. The average molecular weight is 278 g/mol. The maximum Gasteiger partial charge on any atom is 0.242 e. The number of likely N-dealkylation sites (N-methyl/N-ethyl adjacent to an activating group) is 1. The summed E-state index contributed by atoms with van der Waals surface area (Å²) in [5.41, 5.74) is 3.41. The highest BCUT2D eigenvalue weighted by Gasteiger charge is 2.28. The molecule has 0 saturated heterocycles. The van der Waals surface area contributed by atoms with Gasteiger partial charge in [0, 0.05) is 18.0 Å². The molecular weight excluding hydrogens is 256 g/mol. The van der Waals surface area contributed by atoms with Crippen molar-refractivity contribution in [1.82, 2.24) is 15.3 Å². The molecule has 0 bridgehead atoms. The van der Waals surface area contributed by atoms with Crippen LogP contribution in [-0.2, 0) is 4.79 Å². The van der Waals surface area contributed by atoms with Crippen molar-refractivity contribution in [2.45, 2.75) is 45.6 Å². The number of anilines is 2. The molecule has 0 aromatic carbocycles. The summed E-state index contributed by atoms with van der Waals surface area (Å²) in [4.78, 5) is 20.7. The summed E-state index contributed by atoms with van der Waals surface area (Å²) in [5, 5.41) is 5.91. The predicted molar refractivity (Wildman–Crippen MR) is 78.3 cm³/mol. The van der Waals surface area contributed by atoms with E-state index in [2.05, 4.69) is 26.0 Å². The molecule has 1 heterocycles. The molecule has 5 N–H and O–H groups in total. The maximum atomic E-state index is 11.8. The number of nitrogens with one attached hydrogen (secondary N) is 3. The van der Waals surface area contributed by atoms with E-state index in [0.29, 0.717) is 24.1 Å². The highest BCUT2D eigenvalue weighted by molar-refractivity contribution is 5.84. The van der Waals surface area contributed by atoms with E-state index in [-0.39, 0.29) is 11.9 Å². The summed E-state index contributed by atoms with van der Waals surface area (Å²) < 4.78 is 0. The zero-order valence-corrected chi connectivity index (χ0v) is 12.2. The number of amides is 1. The fraction of sp³-hybridized carbons (Fsp3) is 0.615. The van der Waals surface area contributed by atoms with Gasteiger partial charge in [-0.05, 0) is 33.6 Å². The molecule has 1 aromatic rings. The lowest BCUT2D eigenvalue weighted by Gasteiger charge is -2.17. The first-order chi connectivity index (χ1) is 9.56. The second-order valence-corrected chi connectivity index (χ2v) is 5.08. The van der Waals surface area contributed by atoms with Crippen LogP contribution in [-0.4, -0.2) is 28.5 Å². The predicted octanol–water partition coefficient (Wildman–Crippen LogP) is 0.885. The number of rotatable bonds is 6. The van der Waals surface area contributed by atoms with E-state index < -0.39 is 0 Å². The van der Waals surface area contributed by atoms with Crippen molar-refractivity contribution in [2.24, 2.45) is 5.84 Å². The molecule has 7 heteroatoms. The minimum Gasteiger partial charge on any atom is -0.358 e. The topological polar surface area (TPSA) is 105 Å². The van der Waals surface area contributed by atoms with E-state index in [9.17, 15) is 4.79 Å². The maximum absolute atomic E-state index is 11.8. The van der Waals surface area contributed by atoms with Gasteiger partial charge in [-0.2, -0.15) is 0 Å². The van der Waals surface area contributed by atoms with Gasteiger partial charge < -0.3 is 16.1 Å². The normalized spacial score (nSPS) is 15.6. The van der Waals surface area contributed by atoms with Crippen LogP contribution < -0.4 is 21.9 Å². The first-order valence-electron chi connectivity index (χ1n) is 6.96. The molecule has 1 aliphatic carbocycles. The molecule has 1 atom stereocenters. The van der Waals surface area contributed by atoms with E-state index in [1.807, 2.05) is 13.8 Å². The lowest BCUT2D eigenvalue weighted by atomic mass is 10.2. The van der Waals surface area contributed by atoms with Crippen LogP contribution >= 0.6 is 0 Å². The SMILES string of the molecule is CCNC(=O)C(C)Nc1nc(C2CC2)nc(NN)c1C. The third-order valence-corrected chi connectivity index (χ3v) is 3.34. The fourth-order valence-electron chi connectivity index (χ4n) is 1.94. The van der Waals surface area contributed by atoms with Gasteiger partial charge in [0.2, 0.25) is 5.91 Å². The van der Waals surface area contributed by atoms with E-state index in [1.165, 1.54) is 0 Å².